The lowest BCUT2D eigenvalue weighted by Gasteiger charge is -2.15. The molecule has 0 aliphatic carbocycles. The summed E-state index contributed by atoms with van der Waals surface area (Å²) in [5.74, 6) is -0.296. The third-order valence-corrected chi connectivity index (χ3v) is 2.95. The maximum absolute atomic E-state index is 12.6. The number of carbonyl (C=O) groups excluding carboxylic acids is 1. The molecule has 0 bridgehead atoms. The number of benzene rings is 1. The molecule has 0 aliphatic rings. The van der Waals surface area contributed by atoms with Crippen molar-refractivity contribution in [2.45, 2.75) is 12.6 Å². The van der Waals surface area contributed by atoms with Gasteiger partial charge in [-0.05, 0) is 18.7 Å². The van der Waals surface area contributed by atoms with E-state index in [9.17, 15) is 18.0 Å². The van der Waals surface area contributed by atoms with Gasteiger partial charge in [0.05, 0.1) is 12.0 Å². The number of likely N-dealkylation sites (N-methyl/N-ethyl adjacent to an activating group) is 1. The van der Waals surface area contributed by atoms with Gasteiger partial charge < -0.3 is 16.0 Å². The van der Waals surface area contributed by atoms with Crippen molar-refractivity contribution < 1.29 is 18.0 Å². The van der Waals surface area contributed by atoms with E-state index in [1.165, 1.54) is 12.1 Å². The van der Waals surface area contributed by atoms with Crippen molar-refractivity contribution >= 4 is 5.91 Å². The molecule has 3 N–H and O–H groups in total. The molecular weight excluding hydrogens is 283 g/mol. The lowest BCUT2D eigenvalue weighted by molar-refractivity contribution is -0.137. The van der Waals surface area contributed by atoms with Crippen LogP contribution in [0.5, 0.6) is 0 Å². The van der Waals surface area contributed by atoms with Gasteiger partial charge in [-0.3, -0.25) is 4.79 Å². The molecule has 0 heterocycles. The minimum atomic E-state index is -4.39. The van der Waals surface area contributed by atoms with Crippen molar-refractivity contribution in [2.24, 2.45) is 5.73 Å². The number of amides is 1. The number of hydrogen-bond acceptors (Lipinski definition) is 3. The third-order valence-electron chi connectivity index (χ3n) is 2.95. The Morgan fingerprint density at radius 2 is 2.05 bits per heavy atom. The molecule has 21 heavy (non-hydrogen) atoms. The quantitative estimate of drug-likeness (QED) is 0.797. The second-order valence-electron chi connectivity index (χ2n) is 4.82. The van der Waals surface area contributed by atoms with Crippen LogP contribution < -0.4 is 11.1 Å². The van der Waals surface area contributed by atoms with E-state index in [4.69, 9.17) is 5.73 Å². The predicted molar refractivity (Wildman–Crippen MR) is 74.7 cm³/mol. The van der Waals surface area contributed by atoms with Crippen molar-refractivity contribution in [1.82, 2.24) is 10.2 Å². The first kappa shape index (κ1) is 17.5. The van der Waals surface area contributed by atoms with Gasteiger partial charge in [0.15, 0.2) is 0 Å². The SMILES string of the molecule is CN(CCN)CCNC(=O)Cc1cccc(C(F)(F)F)c1. The van der Waals surface area contributed by atoms with Crippen molar-refractivity contribution in [3.05, 3.63) is 35.4 Å². The molecule has 7 heteroatoms. The lowest BCUT2D eigenvalue weighted by Crippen LogP contribution is -2.35. The van der Waals surface area contributed by atoms with E-state index in [-0.39, 0.29) is 12.3 Å². The van der Waals surface area contributed by atoms with Crippen LogP contribution in [-0.2, 0) is 17.4 Å². The predicted octanol–water partition coefficient (Wildman–Crippen LogP) is 1.25. The van der Waals surface area contributed by atoms with Gasteiger partial charge in [0, 0.05) is 26.2 Å². The number of alkyl halides is 3. The maximum atomic E-state index is 12.6. The van der Waals surface area contributed by atoms with Crippen molar-refractivity contribution in [2.75, 3.05) is 33.2 Å². The Bertz CT molecular complexity index is 463. The van der Waals surface area contributed by atoms with Crippen LogP contribution in [-0.4, -0.2) is 44.0 Å². The van der Waals surface area contributed by atoms with E-state index in [0.29, 0.717) is 25.2 Å². The number of carbonyl (C=O) groups is 1. The van der Waals surface area contributed by atoms with Crippen molar-refractivity contribution in [3.8, 4) is 0 Å². The Labute approximate surface area is 122 Å². The van der Waals surface area contributed by atoms with E-state index in [0.717, 1.165) is 18.7 Å². The smallest absolute Gasteiger partial charge is 0.355 e. The zero-order valence-electron chi connectivity index (χ0n) is 11.9. The van der Waals surface area contributed by atoms with Gasteiger partial charge in [0.2, 0.25) is 5.91 Å². The average Bonchev–Trinajstić information content (AvgIpc) is 2.38. The zero-order chi connectivity index (χ0) is 15.9. The zero-order valence-corrected chi connectivity index (χ0v) is 11.9. The van der Waals surface area contributed by atoms with E-state index >= 15 is 0 Å². The van der Waals surface area contributed by atoms with Crippen LogP contribution in [0.25, 0.3) is 0 Å². The van der Waals surface area contributed by atoms with E-state index in [1.54, 1.807) is 0 Å². The van der Waals surface area contributed by atoms with Crippen LogP contribution in [0, 0.1) is 0 Å². The maximum Gasteiger partial charge on any atom is 0.416 e. The summed E-state index contributed by atoms with van der Waals surface area (Å²) in [5, 5.41) is 2.68. The fourth-order valence-electron chi connectivity index (χ4n) is 1.82. The molecule has 0 atom stereocenters. The molecule has 1 rings (SSSR count). The molecule has 1 aromatic carbocycles. The highest BCUT2D eigenvalue weighted by Gasteiger charge is 2.30. The molecule has 0 fully saturated rings. The fraction of sp³-hybridized carbons (Fsp3) is 0.500. The van der Waals surface area contributed by atoms with Gasteiger partial charge in [0.25, 0.3) is 0 Å². The summed E-state index contributed by atoms with van der Waals surface area (Å²) in [6, 6.07) is 4.80. The Balaban J connectivity index is 2.45. The van der Waals surface area contributed by atoms with Crippen LogP contribution in [0.3, 0.4) is 0 Å². The summed E-state index contributed by atoms with van der Waals surface area (Å²) in [6.45, 7) is 2.35. The molecule has 0 spiro atoms. The van der Waals surface area contributed by atoms with Gasteiger partial charge in [0.1, 0.15) is 0 Å². The molecule has 0 saturated carbocycles. The average molecular weight is 303 g/mol. The van der Waals surface area contributed by atoms with Gasteiger partial charge in [-0.25, -0.2) is 0 Å². The van der Waals surface area contributed by atoms with Crippen molar-refractivity contribution in [1.29, 1.82) is 0 Å². The second-order valence-corrected chi connectivity index (χ2v) is 4.82. The molecule has 1 amide bonds. The highest BCUT2D eigenvalue weighted by molar-refractivity contribution is 5.78. The Hall–Kier alpha value is -1.60. The Morgan fingerprint density at radius 3 is 2.67 bits per heavy atom. The van der Waals surface area contributed by atoms with Gasteiger partial charge >= 0.3 is 6.18 Å². The molecule has 4 nitrogen and oxygen atoms in total. The number of nitrogens with one attached hydrogen (secondary N) is 1. The summed E-state index contributed by atoms with van der Waals surface area (Å²) < 4.78 is 37.7. The Kier molecular flexibility index (Phi) is 6.64. The molecule has 0 saturated heterocycles. The molecule has 1 aromatic rings. The summed E-state index contributed by atoms with van der Waals surface area (Å²) in [6.07, 6.45) is -4.46. The molecule has 0 aromatic heterocycles. The van der Waals surface area contributed by atoms with Crippen LogP contribution in [0.4, 0.5) is 13.2 Å². The first-order valence-electron chi connectivity index (χ1n) is 6.64. The first-order valence-corrected chi connectivity index (χ1v) is 6.64. The number of halogens is 3. The van der Waals surface area contributed by atoms with E-state index in [2.05, 4.69) is 5.32 Å². The second kappa shape index (κ2) is 7.99. The standard InChI is InChI=1S/C14H20F3N3O/c1-20(7-5-18)8-6-19-13(21)10-11-3-2-4-12(9-11)14(15,16)17/h2-4,9H,5-8,10,18H2,1H3,(H,19,21). The van der Waals surface area contributed by atoms with E-state index in [1.807, 2.05) is 11.9 Å². The van der Waals surface area contributed by atoms with Gasteiger partial charge in [-0.1, -0.05) is 18.2 Å². The highest BCUT2D eigenvalue weighted by Crippen LogP contribution is 2.29. The first-order chi connectivity index (χ1) is 9.82. The molecular formula is C14H20F3N3O. The van der Waals surface area contributed by atoms with Gasteiger partial charge in [-0.2, -0.15) is 13.2 Å². The minimum absolute atomic E-state index is 0.0650. The molecule has 0 aliphatic heterocycles. The van der Waals surface area contributed by atoms with E-state index < -0.39 is 11.7 Å². The Morgan fingerprint density at radius 1 is 1.33 bits per heavy atom. The fourth-order valence-corrected chi connectivity index (χ4v) is 1.82. The monoisotopic (exact) mass is 303 g/mol. The summed E-state index contributed by atoms with van der Waals surface area (Å²) in [4.78, 5) is 13.6. The van der Waals surface area contributed by atoms with Crippen LogP contribution in [0.1, 0.15) is 11.1 Å². The number of nitrogens with zero attached hydrogens (tertiary/aromatic N) is 1. The summed E-state index contributed by atoms with van der Waals surface area (Å²) in [7, 11) is 1.88. The van der Waals surface area contributed by atoms with Crippen LogP contribution in [0.2, 0.25) is 0 Å². The lowest BCUT2D eigenvalue weighted by atomic mass is 10.1. The molecule has 118 valence electrons. The summed E-state index contributed by atoms with van der Waals surface area (Å²) in [5.41, 5.74) is 5.00. The van der Waals surface area contributed by atoms with Crippen LogP contribution in [0.15, 0.2) is 24.3 Å². The molecule has 0 radical (unpaired) electrons. The normalized spacial score (nSPS) is 11.7. The van der Waals surface area contributed by atoms with Crippen LogP contribution >= 0.6 is 0 Å². The number of hydrogen-bond donors (Lipinski definition) is 2. The molecule has 0 unspecified atom stereocenters. The number of nitrogens with two attached hydrogens (primary N) is 1. The van der Waals surface area contributed by atoms with Gasteiger partial charge in [-0.15, -0.1) is 0 Å². The topological polar surface area (TPSA) is 58.4 Å². The largest absolute Gasteiger partial charge is 0.416 e. The minimum Gasteiger partial charge on any atom is -0.355 e. The van der Waals surface area contributed by atoms with Crippen molar-refractivity contribution in [3.63, 3.8) is 0 Å². The third kappa shape index (κ3) is 6.59. The number of rotatable bonds is 7. The summed E-state index contributed by atoms with van der Waals surface area (Å²) >= 11 is 0. The highest BCUT2D eigenvalue weighted by atomic mass is 19.4.